The summed E-state index contributed by atoms with van der Waals surface area (Å²) < 4.78 is 1.48. The zero-order chi connectivity index (χ0) is 14.8. The summed E-state index contributed by atoms with van der Waals surface area (Å²) in [6.07, 6.45) is 3.85. The molecule has 0 atom stereocenters. The summed E-state index contributed by atoms with van der Waals surface area (Å²) in [5.74, 6) is 0.577. The van der Waals surface area contributed by atoms with Gasteiger partial charge in [-0.25, -0.2) is 4.68 Å². The zero-order valence-corrected chi connectivity index (χ0v) is 12.9. The van der Waals surface area contributed by atoms with E-state index in [1.807, 2.05) is 24.3 Å². The summed E-state index contributed by atoms with van der Waals surface area (Å²) in [5, 5.41) is 8.17. The summed E-state index contributed by atoms with van der Waals surface area (Å²) in [6, 6.07) is 7.50. The number of aromatic nitrogens is 2. The van der Waals surface area contributed by atoms with E-state index >= 15 is 0 Å². The van der Waals surface area contributed by atoms with Crippen LogP contribution in [0.2, 0.25) is 10.0 Å². The highest BCUT2D eigenvalue weighted by molar-refractivity contribution is 6.33. The Balaban J connectivity index is 1.81. The normalized spacial score (nSPS) is 14.2. The first kappa shape index (κ1) is 14.4. The van der Waals surface area contributed by atoms with Crippen LogP contribution in [0.4, 0.5) is 5.69 Å². The molecule has 1 fully saturated rings. The van der Waals surface area contributed by atoms with E-state index in [1.54, 1.807) is 0 Å². The Labute approximate surface area is 132 Å². The molecule has 0 unspecified atom stereocenters. The highest BCUT2D eigenvalue weighted by Gasteiger charge is 2.23. The lowest BCUT2D eigenvalue weighted by atomic mass is 10.2. The summed E-state index contributed by atoms with van der Waals surface area (Å²) in [7, 11) is 0. The van der Waals surface area contributed by atoms with Crippen molar-refractivity contribution in [3.8, 4) is 0 Å². The van der Waals surface area contributed by atoms with Gasteiger partial charge in [0.05, 0.1) is 11.2 Å². The van der Waals surface area contributed by atoms with E-state index in [2.05, 4.69) is 10.4 Å². The number of hydrogen-bond acceptors (Lipinski definition) is 3. The molecule has 2 aromatic rings. The molecule has 1 aromatic carbocycles. The number of rotatable bonds is 5. The van der Waals surface area contributed by atoms with E-state index in [9.17, 15) is 4.79 Å². The molecule has 1 aliphatic carbocycles. The van der Waals surface area contributed by atoms with Crippen molar-refractivity contribution in [1.29, 1.82) is 0 Å². The Kier molecular flexibility index (Phi) is 4.17. The van der Waals surface area contributed by atoms with Crippen LogP contribution in [-0.4, -0.2) is 9.78 Å². The molecule has 0 bridgehead atoms. The number of nitrogens with zero attached hydrogens (tertiary/aromatic N) is 2. The van der Waals surface area contributed by atoms with Crippen molar-refractivity contribution in [3.63, 3.8) is 0 Å². The summed E-state index contributed by atoms with van der Waals surface area (Å²) >= 11 is 12.2. The van der Waals surface area contributed by atoms with Gasteiger partial charge in [-0.2, -0.15) is 5.10 Å². The van der Waals surface area contributed by atoms with Crippen LogP contribution in [0.5, 0.6) is 0 Å². The van der Waals surface area contributed by atoms with Crippen molar-refractivity contribution in [2.24, 2.45) is 5.92 Å². The molecule has 1 N–H and O–H groups in total. The third kappa shape index (κ3) is 3.39. The quantitative estimate of drug-likeness (QED) is 0.914. The lowest BCUT2D eigenvalue weighted by Crippen LogP contribution is -2.26. The van der Waals surface area contributed by atoms with Gasteiger partial charge >= 0.3 is 0 Å². The summed E-state index contributed by atoms with van der Waals surface area (Å²) in [6.45, 7) is 1.11. The van der Waals surface area contributed by atoms with Crippen LogP contribution in [0.1, 0.15) is 18.4 Å². The maximum Gasteiger partial charge on any atom is 0.291 e. The Bertz CT molecular complexity index is 710. The van der Waals surface area contributed by atoms with Gasteiger partial charge in [0.1, 0.15) is 5.69 Å². The molecule has 0 amide bonds. The first-order chi connectivity index (χ1) is 10.1. The first-order valence-corrected chi connectivity index (χ1v) is 7.63. The molecule has 21 heavy (non-hydrogen) atoms. The van der Waals surface area contributed by atoms with Gasteiger partial charge in [-0.3, -0.25) is 4.79 Å². The third-order valence-corrected chi connectivity index (χ3v) is 4.19. The van der Waals surface area contributed by atoms with Gasteiger partial charge in [-0.05, 0) is 30.4 Å². The first-order valence-electron chi connectivity index (χ1n) is 6.88. The van der Waals surface area contributed by atoms with Crippen LogP contribution >= 0.6 is 23.2 Å². The van der Waals surface area contributed by atoms with Gasteiger partial charge in [-0.15, -0.1) is 0 Å². The van der Waals surface area contributed by atoms with E-state index in [4.69, 9.17) is 23.2 Å². The van der Waals surface area contributed by atoms with Crippen LogP contribution < -0.4 is 10.9 Å². The zero-order valence-electron chi connectivity index (χ0n) is 11.4. The number of hydrogen-bond donors (Lipinski definition) is 1. The fourth-order valence-corrected chi connectivity index (χ4v) is 2.52. The van der Waals surface area contributed by atoms with E-state index in [0.29, 0.717) is 34.7 Å². The molecule has 0 spiro atoms. The minimum atomic E-state index is -0.179. The molecule has 1 aliphatic rings. The second-order valence-electron chi connectivity index (χ2n) is 5.24. The molecular weight excluding hydrogens is 309 g/mol. The van der Waals surface area contributed by atoms with Gasteiger partial charge in [0.25, 0.3) is 5.56 Å². The monoisotopic (exact) mass is 323 g/mol. The van der Waals surface area contributed by atoms with Gasteiger partial charge < -0.3 is 5.32 Å². The van der Waals surface area contributed by atoms with Crippen molar-refractivity contribution in [1.82, 2.24) is 9.78 Å². The molecule has 3 rings (SSSR count). The van der Waals surface area contributed by atoms with Crippen molar-refractivity contribution < 1.29 is 0 Å². The molecule has 110 valence electrons. The van der Waals surface area contributed by atoms with E-state index in [1.165, 1.54) is 23.7 Å². The minimum Gasteiger partial charge on any atom is -0.375 e. The van der Waals surface area contributed by atoms with E-state index in [0.717, 1.165) is 5.56 Å². The molecule has 1 aromatic heterocycles. The molecule has 0 saturated heterocycles. The maximum atomic E-state index is 12.4. The molecule has 0 aliphatic heterocycles. The topological polar surface area (TPSA) is 46.9 Å². The fourth-order valence-electron chi connectivity index (χ4n) is 2.13. The predicted molar refractivity (Wildman–Crippen MR) is 85.0 cm³/mol. The number of halogens is 2. The molecule has 4 nitrogen and oxygen atoms in total. The number of nitrogens with one attached hydrogen (secondary N) is 1. The Morgan fingerprint density at radius 1 is 1.24 bits per heavy atom. The van der Waals surface area contributed by atoms with Crippen molar-refractivity contribution in [3.05, 3.63) is 56.4 Å². The van der Waals surface area contributed by atoms with Gasteiger partial charge in [0.2, 0.25) is 0 Å². The van der Waals surface area contributed by atoms with Crippen LogP contribution in [0.25, 0.3) is 0 Å². The average molecular weight is 324 g/mol. The maximum absolute atomic E-state index is 12.4. The van der Waals surface area contributed by atoms with Crippen molar-refractivity contribution >= 4 is 28.9 Å². The van der Waals surface area contributed by atoms with Crippen molar-refractivity contribution in [2.45, 2.75) is 25.9 Å². The van der Waals surface area contributed by atoms with Crippen LogP contribution in [0.3, 0.4) is 0 Å². The highest BCUT2D eigenvalue weighted by atomic mass is 35.5. The fraction of sp³-hybridized carbons (Fsp3) is 0.333. The molecule has 6 heteroatoms. The standard InChI is InChI=1S/C15H15Cl2N3O/c16-12-4-2-1-3-11(12)7-18-14-13(17)8-19-20(15(14)21)9-10-5-6-10/h1-4,8,10,18H,5-7,9H2. The average Bonchev–Trinajstić information content (AvgIpc) is 3.28. The van der Waals surface area contributed by atoms with Gasteiger partial charge in [-0.1, -0.05) is 41.4 Å². The molecular formula is C15H15Cl2N3O. The van der Waals surface area contributed by atoms with E-state index < -0.39 is 0 Å². The molecule has 1 saturated carbocycles. The second kappa shape index (κ2) is 6.08. The molecule has 0 radical (unpaired) electrons. The van der Waals surface area contributed by atoms with E-state index in [-0.39, 0.29) is 5.56 Å². The summed E-state index contributed by atoms with van der Waals surface area (Å²) in [4.78, 5) is 12.4. The smallest absolute Gasteiger partial charge is 0.291 e. The van der Waals surface area contributed by atoms with Gasteiger partial charge in [0, 0.05) is 18.1 Å². The molecule has 1 heterocycles. The SMILES string of the molecule is O=c1c(NCc2ccccc2Cl)c(Cl)cnn1CC1CC1. The highest BCUT2D eigenvalue weighted by Crippen LogP contribution is 2.30. The Morgan fingerprint density at radius 2 is 2.00 bits per heavy atom. The van der Waals surface area contributed by atoms with Gasteiger partial charge in [0.15, 0.2) is 0 Å². The number of anilines is 1. The van der Waals surface area contributed by atoms with Crippen LogP contribution in [0, 0.1) is 5.92 Å². The van der Waals surface area contributed by atoms with Crippen LogP contribution in [0.15, 0.2) is 35.3 Å². The lowest BCUT2D eigenvalue weighted by Gasteiger charge is -2.11. The van der Waals surface area contributed by atoms with Crippen LogP contribution in [-0.2, 0) is 13.1 Å². The predicted octanol–water partition coefficient (Wildman–Crippen LogP) is 3.57. The lowest BCUT2D eigenvalue weighted by molar-refractivity contribution is 0.534. The largest absolute Gasteiger partial charge is 0.375 e. The second-order valence-corrected chi connectivity index (χ2v) is 6.06. The third-order valence-electron chi connectivity index (χ3n) is 3.54. The summed E-state index contributed by atoms with van der Waals surface area (Å²) in [5.41, 5.74) is 1.12. The Hall–Kier alpha value is -1.52. The van der Waals surface area contributed by atoms with Crippen molar-refractivity contribution in [2.75, 3.05) is 5.32 Å². The number of benzene rings is 1. The minimum absolute atomic E-state index is 0.179. The Morgan fingerprint density at radius 3 is 2.71 bits per heavy atom.